The van der Waals surface area contributed by atoms with E-state index >= 15 is 0 Å². The van der Waals surface area contributed by atoms with E-state index in [1.54, 1.807) is 43.6 Å². The number of rotatable bonds is 6. The molecule has 6 nitrogen and oxygen atoms in total. The third-order valence-electron chi connectivity index (χ3n) is 4.97. The first-order valence-electron chi connectivity index (χ1n) is 9.75. The Morgan fingerprint density at radius 2 is 1.62 bits per heavy atom. The Balaban J connectivity index is 1.41. The molecule has 0 atom stereocenters. The molecule has 29 heavy (non-hydrogen) atoms. The zero-order valence-corrected chi connectivity index (χ0v) is 16.4. The molecule has 3 aromatic rings. The summed E-state index contributed by atoms with van der Waals surface area (Å²) in [6, 6.07) is 19.2. The van der Waals surface area contributed by atoms with Crippen molar-refractivity contribution in [1.82, 2.24) is 4.98 Å². The summed E-state index contributed by atoms with van der Waals surface area (Å²) in [4.78, 5) is 19.1. The largest absolute Gasteiger partial charge is 0.497 e. The number of hydrogen-bond donors (Lipinski definition) is 2. The number of nitrogens with zero attached hydrogens (tertiary/aromatic N) is 2. The number of aromatic nitrogens is 1. The lowest BCUT2D eigenvalue weighted by Gasteiger charge is -2.18. The molecule has 1 amide bonds. The van der Waals surface area contributed by atoms with Gasteiger partial charge in [-0.05, 0) is 73.5 Å². The maximum Gasteiger partial charge on any atom is 0.274 e. The Labute approximate surface area is 170 Å². The van der Waals surface area contributed by atoms with Crippen LogP contribution in [0, 0.1) is 0 Å². The molecule has 0 radical (unpaired) electrons. The fourth-order valence-corrected chi connectivity index (χ4v) is 3.40. The summed E-state index contributed by atoms with van der Waals surface area (Å²) in [6.07, 6.45) is 4.15. The molecule has 1 fully saturated rings. The zero-order valence-electron chi connectivity index (χ0n) is 16.4. The van der Waals surface area contributed by atoms with Crippen molar-refractivity contribution in [3.05, 3.63) is 72.6 Å². The van der Waals surface area contributed by atoms with Crippen LogP contribution in [0.3, 0.4) is 0 Å². The van der Waals surface area contributed by atoms with Gasteiger partial charge in [0.2, 0.25) is 0 Å². The third-order valence-corrected chi connectivity index (χ3v) is 4.97. The lowest BCUT2D eigenvalue weighted by Crippen LogP contribution is -2.17. The number of nitrogens with one attached hydrogen (secondary N) is 2. The van der Waals surface area contributed by atoms with Crippen LogP contribution < -0.4 is 20.3 Å². The Kier molecular flexibility index (Phi) is 5.61. The van der Waals surface area contributed by atoms with Crippen LogP contribution in [0.5, 0.6) is 5.75 Å². The molecule has 2 N–H and O–H groups in total. The fraction of sp³-hybridized carbons (Fsp3) is 0.217. The highest BCUT2D eigenvalue weighted by Crippen LogP contribution is 2.24. The van der Waals surface area contributed by atoms with Crippen molar-refractivity contribution in [2.45, 2.75) is 12.8 Å². The number of carbonyl (C=O) groups is 1. The standard InChI is InChI=1S/C23H24N4O2/c1-29-21-10-6-18(7-11-21)26-23(28)22-16-19(12-13-24-22)25-17-4-8-20(9-5-17)27-14-2-3-15-27/h4-13,16H,2-3,14-15H2,1H3,(H,24,25)(H,26,28). The fourth-order valence-electron chi connectivity index (χ4n) is 3.40. The van der Waals surface area contributed by atoms with E-state index in [4.69, 9.17) is 4.74 Å². The Morgan fingerprint density at radius 3 is 2.31 bits per heavy atom. The summed E-state index contributed by atoms with van der Waals surface area (Å²) in [5.74, 6) is 0.478. The van der Waals surface area contributed by atoms with E-state index in [1.807, 2.05) is 6.07 Å². The quantitative estimate of drug-likeness (QED) is 0.641. The van der Waals surface area contributed by atoms with Gasteiger partial charge in [-0.15, -0.1) is 0 Å². The first-order valence-corrected chi connectivity index (χ1v) is 9.75. The third kappa shape index (κ3) is 4.66. The summed E-state index contributed by atoms with van der Waals surface area (Å²) in [5, 5.41) is 6.19. The monoisotopic (exact) mass is 388 g/mol. The molecule has 2 aromatic carbocycles. The number of ether oxygens (including phenoxy) is 1. The molecule has 1 saturated heterocycles. The second kappa shape index (κ2) is 8.65. The van der Waals surface area contributed by atoms with Gasteiger partial charge in [0.25, 0.3) is 5.91 Å². The highest BCUT2D eigenvalue weighted by Gasteiger charge is 2.12. The molecule has 0 bridgehead atoms. The van der Waals surface area contributed by atoms with Crippen molar-refractivity contribution in [2.24, 2.45) is 0 Å². The normalized spacial score (nSPS) is 13.2. The number of benzene rings is 2. The number of pyridine rings is 1. The molecule has 0 spiro atoms. The van der Waals surface area contributed by atoms with Gasteiger partial charge >= 0.3 is 0 Å². The Morgan fingerprint density at radius 1 is 0.931 bits per heavy atom. The van der Waals surface area contributed by atoms with E-state index in [0.29, 0.717) is 11.4 Å². The lowest BCUT2D eigenvalue weighted by molar-refractivity contribution is 0.102. The molecule has 1 aliphatic rings. The number of hydrogen-bond acceptors (Lipinski definition) is 5. The first-order chi connectivity index (χ1) is 14.2. The van der Waals surface area contributed by atoms with Gasteiger partial charge in [-0.1, -0.05) is 0 Å². The summed E-state index contributed by atoms with van der Waals surface area (Å²) in [6.45, 7) is 2.26. The minimum atomic E-state index is -0.261. The van der Waals surface area contributed by atoms with Crippen molar-refractivity contribution in [2.75, 3.05) is 35.7 Å². The van der Waals surface area contributed by atoms with Crippen LogP contribution in [0.1, 0.15) is 23.3 Å². The minimum absolute atomic E-state index is 0.261. The Hall–Kier alpha value is -3.54. The van der Waals surface area contributed by atoms with Crippen LogP contribution in [-0.2, 0) is 0 Å². The average molecular weight is 388 g/mol. The molecule has 148 valence electrons. The van der Waals surface area contributed by atoms with Crippen molar-refractivity contribution in [1.29, 1.82) is 0 Å². The van der Waals surface area contributed by atoms with E-state index in [1.165, 1.54) is 18.5 Å². The number of carbonyl (C=O) groups excluding carboxylic acids is 1. The van der Waals surface area contributed by atoms with Gasteiger partial charge in [0.1, 0.15) is 11.4 Å². The van der Waals surface area contributed by atoms with Gasteiger partial charge in [0, 0.05) is 42.0 Å². The van der Waals surface area contributed by atoms with E-state index in [0.717, 1.165) is 30.2 Å². The number of methoxy groups -OCH3 is 1. The van der Waals surface area contributed by atoms with Crippen molar-refractivity contribution in [3.8, 4) is 5.75 Å². The second-order valence-electron chi connectivity index (χ2n) is 6.98. The van der Waals surface area contributed by atoms with Crippen LogP contribution in [-0.4, -0.2) is 31.1 Å². The summed E-state index contributed by atoms with van der Waals surface area (Å²) in [7, 11) is 1.61. The minimum Gasteiger partial charge on any atom is -0.497 e. The topological polar surface area (TPSA) is 66.5 Å². The summed E-state index contributed by atoms with van der Waals surface area (Å²) >= 11 is 0. The first kappa shape index (κ1) is 18.8. The van der Waals surface area contributed by atoms with Gasteiger partial charge in [-0.2, -0.15) is 0 Å². The van der Waals surface area contributed by atoms with Crippen LogP contribution in [0.4, 0.5) is 22.7 Å². The molecule has 0 unspecified atom stereocenters. The van der Waals surface area contributed by atoms with Crippen LogP contribution >= 0.6 is 0 Å². The van der Waals surface area contributed by atoms with Gasteiger partial charge in [0.15, 0.2) is 0 Å². The summed E-state index contributed by atoms with van der Waals surface area (Å²) < 4.78 is 5.13. The molecular weight excluding hydrogens is 364 g/mol. The smallest absolute Gasteiger partial charge is 0.274 e. The molecule has 6 heteroatoms. The molecule has 4 rings (SSSR count). The molecule has 1 aliphatic heterocycles. The molecule has 0 aliphatic carbocycles. The van der Waals surface area contributed by atoms with E-state index in [2.05, 4.69) is 44.8 Å². The number of amides is 1. The number of anilines is 4. The van der Waals surface area contributed by atoms with E-state index in [9.17, 15) is 4.79 Å². The van der Waals surface area contributed by atoms with Crippen LogP contribution in [0.25, 0.3) is 0 Å². The van der Waals surface area contributed by atoms with Crippen molar-refractivity contribution >= 4 is 28.7 Å². The van der Waals surface area contributed by atoms with Gasteiger partial charge in [0.05, 0.1) is 7.11 Å². The van der Waals surface area contributed by atoms with Crippen molar-refractivity contribution in [3.63, 3.8) is 0 Å². The average Bonchev–Trinajstić information content (AvgIpc) is 3.30. The Bertz CT molecular complexity index is 965. The van der Waals surface area contributed by atoms with Crippen molar-refractivity contribution < 1.29 is 9.53 Å². The van der Waals surface area contributed by atoms with Gasteiger partial charge in [-0.3, -0.25) is 9.78 Å². The van der Waals surface area contributed by atoms with E-state index < -0.39 is 0 Å². The summed E-state index contributed by atoms with van der Waals surface area (Å²) in [5.41, 5.74) is 4.07. The predicted molar refractivity (Wildman–Crippen MR) is 116 cm³/mol. The maximum absolute atomic E-state index is 12.5. The molecule has 1 aromatic heterocycles. The predicted octanol–water partition coefficient (Wildman–Crippen LogP) is 4.69. The van der Waals surface area contributed by atoms with Crippen LogP contribution in [0.15, 0.2) is 66.9 Å². The SMILES string of the molecule is COc1ccc(NC(=O)c2cc(Nc3ccc(N4CCCC4)cc3)ccn2)cc1. The van der Waals surface area contributed by atoms with Gasteiger partial charge in [-0.25, -0.2) is 0 Å². The lowest BCUT2D eigenvalue weighted by atomic mass is 10.2. The molecule has 2 heterocycles. The van der Waals surface area contributed by atoms with Crippen LogP contribution in [0.2, 0.25) is 0 Å². The second-order valence-corrected chi connectivity index (χ2v) is 6.98. The van der Waals surface area contributed by atoms with Gasteiger partial charge < -0.3 is 20.3 Å². The molecular formula is C23H24N4O2. The highest BCUT2D eigenvalue weighted by atomic mass is 16.5. The zero-order chi connectivity index (χ0) is 20.1. The molecule has 0 saturated carbocycles. The highest BCUT2D eigenvalue weighted by molar-refractivity contribution is 6.03. The maximum atomic E-state index is 12.5. The van der Waals surface area contributed by atoms with E-state index in [-0.39, 0.29) is 5.91 Å².